The molecule has 2 amide bonds. The van der Waals surface area contributed by atoms with E-state index in [9.17, 15) is 18.0 Å². The molecule has 6 aliphatic heterocycles. The van der Waals surface area contributed by atoms with Gasteiger partial charge in [-0.15, -0.1) is 0 Å². The van der Waals surface area contributed by atoms with Crippen molar-refractivity contribution in [2.45, 2.75) is 75.8 Å². The third kappa shape index (κ3) is 5.72. The van der Waals surface area contributed by atoms with Gasteiger partial charge in [0, 0.05) is 60.2 Å². The molecule has 1 N–H and O–H groups in total. The highest BCUT2D eigenvalue weighted by molar-refractivity contribution is 8.00. The molecule has 0 aromatic heterocycles. The first kappa shape index (κ1) is 34.3. The Hall–Kier alpha value is -2.80. The zero-order valence-corrected chi connectivity index (χ0v) is 30.9. The average Bonchev–Trinajstić information content (AvgIpc) is 3.45. The van der Waals surface area contributed by atoms with Crippen LogP contribution in [0.15, 0.2) is 42.2 Å². The number of nitrogens with zero attached hydrogens (tertiary/aromatic N) is 3. The van der Waals surface area contributed by atoms with Crippen molar-refractivity contribution in [3.8, 4) is 5.75 Å². The van der Waals surface area contributed by atoms with Gasteiger partial charge in [-0.05, 0) is 98.4 Å². The Labute approximate surface area is 303 Å². The van der Waals surface area contributed by atoms with Crippen LogP contribution in [0.25, 0.3) is 0 Å². The van der Waals surface area contributed by atoms with Crippen LogP contribution in [0.4, 0.5) is 10.1 Å². The quantitative estimate of drug-likeness (QED) is 0.401. The minimum absolute atomic E-state index is 0.0820. The van der Waals surface area contributed by atoms with E-state index in [1.807, 2.05) is 28.8 Å². The predicted molar refractivity (Wildman–Crippen MR) is 194 cm³/mol. The van der Waals surface area contributed by atoms with Crippen molar-refractivity contribution >= 4 is 50.9 Å². The van der Waals surface area contributed by atoms with E-state index < -0.39 is 44.5 Å². The molecule has 268 valence electrons. The van der Waals surface area contributed by atoms with Gasteiger partial charge in [0.25, 0.3) is 5.91 Å². The zero-order valence-electron chi connectivity index (χ0n) is 28.6. The van der Waals surface area contributed by atoms with Crippen LogP contribution in [0.2, 0.25) is 5.02 Å². The van der Waals surface area contributed by atoms with Crippen LogP contribution >= 0.6 is 23.4 Å². The van der Waals surface area contributed by atoms with E-state index in [2.05, 4.69) is 14.5 Å². The average molecular weight is 743 g/mol. The van der Waals surface area contributed by atoms with Gasteiger partial charge in [0.05, 0.1) is 16.5 Å². The first-order valence-corrected chi connectivity index (χ1v) is 20.9. The number of fused-ring (bicyclic) bond motifs is 1. The van der Waals surface area contributed by atoms with Gasteiger partial charge in [0.15, 0.2) is 0 Å². The fourth-order valence-corrected chi connectivity index (χ4v) is 11.6. The van der Waals surface area contributed by atoms with E-state index in [4.69, 9.17) is 16.3 Å². The van der Waals surface area contributed by atoms with Crippen molar-refractivity contribution in [1.82, 2.24) is 14.5 Å². The second-order valence-electron chi connectivity index (χ2n) is 15.3. The largest absolute Gasteiger partial charge is 0.487 e. The highest BCUT2D eigenvalue weighted by atomic mass is 35.5. The molecule has 6 aliphatic rings. The first-order valence-electron chi connectivity index (χ1n) is 17.8. The summed E-state index contributed by atoms with van der Waals surface area (Å²) in [6.45, 7) is 6.27. The summed E-state index contributed by atoms with van der Waals surface area (Å²) in [6.07, 6.45) is 5.44. The third-order valence-corrected chi connectivity index (χ3v) is 15.8. The predicted octanol–water partition coefficient (Wildman–Crippen LogP) is 5.65. The molecule has 4 atom stereocenters. The number of hydrogen-bond donors (Lipinski definition) is 1. The van der Waals surface area contributed by atoms with Crippen LogP contribution in [-0.4, -0.2) is 85.6 Å². The lowest BCUT2D eigenvalue weighted by Crippen LogP contribution is -2.68. The summed E-state index contributed by atoms with van der Waals surface area (Å²) in [4.78, 5) is 34.4. The molecular formula is C37H44ClFN4O5S2. The number of aryl methyl sites for hydroxylation is 1. The first-order chi connectivity index (χ1) is 23.9. The van der Waals surface area contributed by atoms with Crippen LogP contribution in [0, 0.1) is 11.3 Å². The standard InChI is InChI=1S/C37H44ClFN4O5S2/c1-23-7-9-30(39)33(35(45)42-18-36(19-42)21-49-22-36)43-13-5-11-37(43)20-41-12-4-3-6-25-14-27(38)16-29(37)28(25)17-48-32-10-8-26(15-31(32)41)34(44)40-50(46,47)24(23)2/h8-10,14-16,23-24,33H,3-7,11-13,17-22H2,1-2H3,(H,40,44)/b30-9-/t23-,24+,33+,37-/m0/s1. The molecule has 9 nitrogen and oxygen atoms in total. The lowest BCUT2D eigenvalue weighted by atomic mass is 9.79. The van der Waals surface area contributed by atoms with E-state index >= 15 is 4.39 Å². The number of thioether (sulfide) groups is 1. The number of anilines is 1. The van der Waals surface area contributed by atoms with E-state index in [0.29, 0.717) is 55.6 Å². The topological polar surface area (TPSA) is 99.3 Å². The Balaban J connectivity index is 1.35. The molecule has 8 rings (SSSR count). The fraction of sp³-hybridized carbons (Fsp3) is 0.568. The number of nitrogens with one attached hydrogen (secondary N) is 1. The number of likely N-dealkylation sites (tertiary alicyclic amines) is 1. The van der Waals surface area contributed by atoms with E-state index in [0.717, 1.165) is 53.9 Å². The van der Waals surface area contributed by atoms with Crippen molar-refractivity contribution in [2.24, 2.45) is 11.3 Å². The summed E-state index contributed by atoms with van der Waals surface area (Å²) in [6, 6.07) is 7.89. The van der Waals surface area contributed by atoms with Crippen LogP contribution in [0.3, 0.4) is 0 Å². The number of carbonyl (C=O) groups is 2. The second kappa shape index (κ2) is 12.7. The van der Waals surface area contributed by atoms with Gasteiger partial charge < -0.3 is 14.5 Å². The monoisotopic (exact) mass is 742 g/mol. The lowest BCUT2D eigenvalue weighted by molar-refractivity contribution is -0.148. The molecule has 0 saturated carbocycles. The Morgan fingerprint density at radius 2 is 1.88 bits per heavy atom. The second-order valence-corrected chi connectivity index (χ2v) is 18.8. The normalized spacial score (nSPS) is 31.4. The molecule has 0 unspecified atom stereocenters. The molecule has 3 fully saturated rings. The molecule has 2 spiro atoms. The summed E-state index contributed by atoms with van der Waals surface area (Å²) in [7, 11) is -4.11. The number of rotatable bonds is 1. The van der Waals surface area contributed by atoms with Gasteiger partial charge in [-0.1, -0.05) is 24.6 Å². The zero-order chi connectivity index (χ0) is 35.0. The maximum absolute atomic E-state index is 17.2. The number of amides is 2. The number of halogens is 2. The van der Waals surface area contributed by atoms with Gasteiger partial charge >= 0.3 is 0 Å². The lowest BCUT2D eigenvalue weighted by Gasteiger charge is -2.56. The molecule has 0 aliphatic carbocycles. The summed E-state index contributed by atoms with van der Waals surface area (Å²) in [5, 5.41) is -0.397. The van der Waals surface area contributed by atoms with Crippen molar-refractivity contribution < 1.29 is 27.1 Å². The SMILES string of the molecule is C[C@@H]1[C@@H](C)C/C=C(\F)[C@H](C(=O)N2CC3(CSC3)C2)N2CCC[C@@]23CN2CCCCc4cc(Cl)cc3c4COc3ccc(cc32)C(=O)NS1(=O)=O. The number of benzene rings is 2. The molecule has 13 heteroatoms. The van der Waals surface area contributed by atoms with E-state index in [1.54, 1.807) is 25.1 Å². The molecule has 3 saturated heterocycles. The van der Waals surface area contributed by atoms with Crippen LogP contribution in [0.5, 0.6) is 5.75 Å². The number of ether oxygens (including phenoxy) is 1. The van der Waals surface area contributed by atoms with Gasteiger partial charge in [0.1, 0.15) is 24.2 Å². The molecule has 6 heterocycles. The number of hydrogen-bond acceptors (Lipinski definition) is 8. The minimum Gasteiger partial charge on any atom is -0.487 e. The Kier molecular flexibility index (Phi) is 8.71. The molecule has 2 aromatic carbocycles. The molecule has 0 radical (unpaired) electrons. The van der Waals surface area contributed by atoms with E-state index in [1.165, 1.54) is 13.0 Å². The van der Waals surface area contributed by atoms with Crippen molar-refractivity contribution in [2.75, 3.05) is 49.1 Å². The molecular weight excluding hydrogens is 699 g/mol. The minimum atomic E-state index is -4.11. The number of carbonyl (C=O) groups excluding carboxylic acids is 2. The Bertz CT molecular complexity index is 1880. The van der Waals surface area contributed by atoms with E-state index in [-0.39, 0.29) is 29.9 Å². The third-order valence-electron chi connectivity index (χ3n) is 12.1. The van der Waals surface area contributed by atoms with Crippen LogP contribution in [0.1, 0.15) is 73.0 Å². The highest BCUT2D eigenvalue weighted by Gasteiger charge is 2.56. The Morgan fingerprint density at radius 1 is 1.08 bits per heavy atom. The smallest absolute Gasteiger partial charge is 0.264 e. The van der Waals surface area contributed by atoms with Crippen LogP contribution < -0.4 is 14.4 Å². The summed E-state index contributed by atoms with van der Waals surface area (Å²) < 4.78 is 53.0. The highest BCUT2D eigenvalue weighted by Crippen LogP contribution is 2.50. The van der Waals surface area contributed by atoms with Gasteiger partial charge in [-0.25, -0.2) is 17.5 Å². The summed E-state index contributed by atoms with van der Waals surface area (Å²) >= 11 is 8.80. The molecule has 2 aromatic rings. The number of allylic oxidation sites excluding steroid dienone is 1. The molecule has 7 bridgehead atoms. The number of sulfonamides is 1. The van der Waals surface area contributed by atoms with Crippen molar-refractivity contribution in [1.29, 1.82) is 0 Å². The molecule has 50 heavy (non-hydrogen) atoms. The van der Waals surface area contributed by atoms with Crippen molar-refractivity contribution in [3.63, 3.8) is 0 Å². The van der Waals surface area contributed by atoms with Gasteiger partial charge in [0.2, 0.25) is 15.9 Å². The summed E-state index contributed by atoms with van der Waals surface area (Å²) in [5.74, 6) is 0.534. The van der Waals surface area contributed by atoms with Crippen molar-refractivity contribution in [3.05, 3.63) is 69.5 Å². The Morgan fingerprint density at radius 3 is 2.64 bits per heavy atom. The summed E-state index contributed by atoms with van der Waals surface area (Å²) in [5.41, 5.74) is 3.26. The maximum Gasteiger partial charge on any atom is 0.264 e. The maximum atomic E-state index is 17.2. The fourth-order valence-electron chi connectivity index (χ4n) is 8.97. The van der Waals surface area contributed by atoms with Gasteiger partial charge in [-0.3, -0.25) is 14.5 Å². The van der Waals surface area contributed by atoms with Crippen LogP contribution in [-0.2, 0) is 33.4 Å². The van der Waals surface area contributed by atoms with Gasteiger partial charge in [-0.2, -0.15) is 11.8 Å².